The molecule has 126 valence electrons. The van der Waals surface area contributed by atoms with Gasteiger partial charge in [0.2, 0.25) is 5.91 Å². The van der Waals surface area contributed by atoms with Crippen LogP contribution in [-0.4, -0.2) is 50.1 Å². The van der Waals surface area contributed by atoms with Crippen LogP contribution in [0, 0.1) is 5.92 Å². The zero-order valence-corrected chi connectivity index (χ0v) is 14.0. The van der Waals surface area contributed by atoms with Crippen molar-refractivity contribution in [1.82, 2.24) is 10.2 Å². The van der Waals surface area contributed by atoms with Gasteiger partial charge >= 0.3 is 0 Å². The van der Waals surface area contributed by atoms with E-state index in [0.717, 1.165) is 49.8 Å². The van der Waals surface area contributed by atoms with E-state index in [1.165, 1.54) is 12.8 Å². The molecule has 3 N–H and O–H groups in total. The van der Waals surface area contributed by atoms with Gasteiger partial charge in [-0.3, -0.25) is 4.79 Å². The number of carbonyl (C=O) groups is 1. The average Bonchev–Trinajstić information content (AvgIpc) is 3.36. The predicted molar refractivity (Wildman–Crippen MR) is 94.8 cm³/mol. The number of nitrogens with zero attached hydrogens (tertiary/aromatic N) is 1. The van der Waals surface area contributed by atoms with Crippen molar-refractivity contribution in [2.75, 3.05) is 43.9 Å². The third-order valence-corrected chi connectivity index (χ3v) is 4.69. The number of anilines is 2. The third kappa shape index (κ3) is 5.22. The summed E-state index contributed by atoms with van der Waals surface area (Å²) >= 11 is 0. The normalized spacial score (nSPS) is 19.5. The van der Waals surface area contributed by atoms with Crippen molar-refractivity contribution < 1.29 is 4.79 Å². The van der Waals surface area contributed by atoms with Crippen molar-refractivity contribution in [2.24, 2.45) is 5.92 Å². The lowest BCUT2D eigenvalue weighted by Gasteiger charge is -2.30. The predicted octanol–water partition coefficient (Wildman–Crippen LogP) is 2.13. The first-order valence-electron chi connectivity index (χ1n) is 8.75. The van der Waals surface area contributed by atoms with Crippen LogP contribution in [0.15, 0.2) is 24.3 Å². The molecule has 2 aliphatic rings. The Bertz CT molecular complexity index is 522. The molecule has 5 heteroatoms. The smallest absolute Gasteiger partial charge is 0.238 e. The van der Waals surface area contributed by atoms with Gasteiger partial charge in [0.05, 0.1) is 17.9 Å². The zero-order chi connectivity index (χ0) is 16.1. The molecule has 0 aromatic heterocycles. The number of piperidine rings is 1. The second kappa shape index (κ2) is 7.79. The molecule has 1 aromatic rings. The SMILES string of the molecule is CN1CCC(Nc2ccccc2NC(=O)CNCC2CC2)CC1. The summed E-state index contributed by atoms with van der Waals surface area (Å²) < 4.78 is 0. The Balaban J connectivity index is 1.51. The van der Waals surface area contributed by atoms with Crippen molar-refractivity contribution in [3.63, 3.8) is 0 Å². The van der Waals surface area contributed by atoms with Gasteiger partial charge in [-0.15, -0.1) is 0 Å². The summed E-state index contributed by atoms with van der Waals surface area (Å²) in [4.78, 5) is 14.5. The molecule has 1 heterocycles. The fourth-order valence-electron chi connectivity index (χ4n) is 3.00. The number of nitrogens with one attached hydrogen (secondary N) is 3. The van der Waals surface area contributed by atoms with Gasteiger partial charge in [0, 0.05) is 6.04 Å². The standard InChI is InChI=1S/C18H28N4O/c1-22-10-8-15(9-11-22)20-16-4-2-3-5-17(16)21-18(23)13-19-12-14-6-7-14/h2-5,14-15,19-20H,6-13H2,1H3,(H,21,23). The number of hydrogen-bond acceptors (Lipinski definition) is 4. The van der Waals surface area contributed by atoms with Gasteiger partial charge in [0.15, 0.2) is 0 Å². The first-order valence-corrected chi connectivity index (χ1v) is 8.75. The highest BCUT2D eigenvalue weighted by molar-refractivity contribution is 5.95. The molecule has 1 saturated carbocycles. The van der Waals surface area contributed by atoms with Gasteiger partial charge in [-0.05, 0) is 70.4 Å². The van der Waals surface area contributed by atoms with Crippen LogP contribution in [0.5, 0.6) is 0 Å². The molecule has 0 spiro atoms. The molecule has 1 amide bonds. The maximum absolute atomic E-state index is 12.1. The quantitative estimate of drug-likeness (QED) is 0.721. The fourth-order valence-corrected chi connectivity index (χ4v) is 3.00. The van der Waals surface area contributed by atoms with Crippen LogP contribution in [0.4, 0.5) is 11.4 Å². The number of amides is 1. The largest absolute Gasteiger partial charge is 0.381 e. The summed E-state index contributed by atoms with van der Waals surface area (Å²) in [5, 5.41) is 9.86. The van der Waals surface area contributed by atoms with E-state index in [-0.39, 0.29) is 5.91 Å². The number of hydrogen-bond donors (Lipinski definition) is 3. The summed E-state index contributed by atoms with van der Waals surface area (Å²) in [7, 11) is 2.17. The Morgan fingerprint density at radius 1 is 1.13 bits per heavy atom. The van der Waals surface area contributed by atoms with Crippen molar-refractivity contribution in [3.8, 4) is 0 Å². The van der Waals surface area contributed by atoms with Crippen LogP contribution in [0.2, 0.25) is 0 Å². The molecule has 1 aromatic carbocycles. The Morgan fingerprint density at radius 2 is 1.83 bits per heavy atom. The van der Waals surface area contributed by atoms with Crippen molar-refractivity contribution in [1.29, 1.82) is 0 Å². The second-order valence-electron chi connectivity index (χ2n) is 6.89. The molecule has 5 nitrogen and oxygen atoms in total. The fraction of sp³-hybridized carbons (Fsp3) is 0.611. The minimum Gasteiger partial charge on any atom is -0.381 e. The van der Waals surface area contributed by atoms with Crippen LogP contribution in [-0.2, 0) is 4.79 Å². The Kier molecular flexibility index (Phi) is 5.51. The van der Waals surface area contributed by atoms with Crippen LogP contribution in [0.25, 0.3) is 0 Å². The second-order valence-corrected chi connectivity index (χ2v) is 6.89. The number of likely N-dealkylation sites (tertiary alicyclic amines) is 1. The summed E-state index contributed by atoms with van der Waals surface area (Å²) in [6, 6.07) is 8.48. The van der Waals surface area contributed by atoms with E-state index in [0.29, 0.717) is 12.6 Å². The average molecular weight is 316 g/mol. The summed E-state index contributed by atoms with van der Waals surface area (Å²) in [5.41, 5.74) is 1.90. The van der Waals surface area contributed by atoms with Crippen LogP contribution in [0.1, 0.15) is 25.7 Å². The molecule has 0 bridgehead atoms. The molecule has 0 unspecified atom stereocenters. The molecule has 3 rings (SSSR count). The van der Waals surface area contributed by atoms with Crippen LogP contribution >= 0.6 is 0 Å². The van der Waals surface area contributed by atoms with Gasteiger partial charge in [-0.25, -0.2) is 0 Å². The zero-order valence-electron chi connectivity index (χ0n) is 14.0. The van der Waals surface area contributed by atoms with Gasteiger partial charge in [0.1, 0.15) is 0 Å². The van der Waals surface area contributed by atoms with Gasteiger partial charge in [-0.1, -0.05) is 12.1 Å². The lowest BCUT2D eigenvalue weighted by molar-refractivity contribution is -0.115. The third-order valence-electron chi connectivity index (χ3n) is 4.69. The van der Waals surface area contributed by atoms with Crippen molar-refractivity contribution in [3.05, 3.63) is 24.3 Å². The number of para-hydroxylation sites is 2. The number of carbonyl (C=O) groups excluding carboxylic acids is 1. The maximum Gasteiger partial charge on any atom is 0.238 e. The molecule has 1 aliphatic heterocycles. The molecule has 2 fully saturated rings. The van der Waals surface area contributed by atoms with Gasteiger partial charge < -0.3 is 20.9 Å². The first kappa shape index (κ1) is 16.3. The summed E-state index contributed by atoms with van der Waals surface area (Å²) in [6.45, 7) is 3.59. The highest BCUT2D eigenvalue weighted by atomic mass is 16.1. The summed E-state index contributed by atoms with van der Waals surface area (Å²) in [5.74, 6) is 0.824. The van der Waals surface area contributed by atoms with E-state index in [1.807, 2.05) is 24.3 Å². The Morgan fingerprint density at radius 3 is 2.52 bits per heavy atom. The van der Waals surface area contributed by atoms with Crippen LogP contribution in [0.3, 0.4) is 0 Å². The topological polar surface area (TPSA) is 56.4 Å². The molecule has 1 aliphatic carbocycles. The van der Waals surface area contributed by atoms with E-state index >= 15 is 0 Å². The minimum absolute atomic E-state index is 0.0308. The molecular formula is C18H28N4O. The number of rotatable bonds is 7. The van der Waals surface area contributed by atoms with Crippen molar-refractivity contribution in [2.45, 2.75) is 31.7 Å². The first-order chi connectivity index (χ1) is 11.2. The molecule has 0 atom stereocenters. The Labute approximate surface area is 138 Å². The summed E-state index contributed by atoms with van der Waals surface area (Å²) in [6.07, 6.45) is 4.89. The van der Waals surface area contributed by atoms with E-state index in [2.05, 4.69) is 27.9 Å². The van der Waals surface area contributed by atoms with E-state index < -0.39 is 0 Å². The van der Waals surface area contributed by atoms with E-state index in [1.54, 1.807) is 0 Å². The molecule has 23 heavy (non-hydrogen) atoms. The lowest BCUT2D eigenvalue weighted by Crippen LogP contribution is -2.37. The minimum atomic E-state index is 0.0308. The van der Waals surface area contributed by atoms with Gasteiger partial charge in [0.25, 0.3) is 0 Å². The number of benzene rings is 1. The maximum atomic E-state index is 12.1. The van der Waals surface area contributed by atoms with Crippen LogP contribution < -0.4 is 16.0 Å². The van der Waals surface area contributed by atoms with Crippen molar-refractivity contribution >= 4 is 17.3 Å². The highest BCUT2D eigenvalue weighted by Crippen LogP contribution is 2.27. The lowest BCUT2D eigenvalue weighted by atomic mass is 10.0. The molecule has 0 radical (unpaired) electrons. The monoisotopic (exact) mass is 316 g/mol. The molecule has 1 saturated heterocycles. The van der Waals surface area contributed by atoms with E-state index in [9.17, 15) is 4.79 Å². The highest BCUT2D eigenvalue weighted by Gasteiger charge is 2.21. The van der Waals surface area contributed by atoms with Gasteiger partial charge in [-0.2, -0.15) is 0 Å². The Hall–Kier alpha value is -1.59. The molecular weight excluding hydrogens is 288 g/mol. The van der Waals surface area contributed by atoms with E-state index in [4.69, 9.17) is 0 Å².